The summed E-state index contributed by atoms with van der Waals surface area (Å²) in [6.07, 6.45) is 1.86. The zero-order valence-electron chi connectivity index (χ0n) is 6.62. The highest BCUT2D eigenvalue weighted by Crippen LogP contribution is 2.46. The molecule has 1 aromatic rings. The average molecular weight is 182 g/mol. The van der Waals surface area contributed by atoms with Crippen molar-refractivity contribution >= 4 is 17.1 Å². The number of hydrogen-bond donors (Lipinski definition) is 1. The number of carbonyl (C=O) groups excluding carboxylic acids is 1. The first-order chi connectivity index (χ1) is 5.78. The van der Waals surface area contributed by atoms with Gasteiger partial charge in [-0.3, -0.25) is 4.79 Å². The summed E-state index contributed by atoms with van der Waals surface area (Å²) in [5, 5.41) is 1.79. The maximum atomic E-state index is 11.7. The molecule has 12 heavy (non-hydrogen) atoms. The van der Waals surface area contributed by atoms with E-state index in [1.54, 1.807) is 10.9 Å². The van der Waals surface area contributed by atoms with E-state index in [1.165, 1.54) is 11.3 Å². The highest BCUT2D eigenvalue weighted by molar-refractivity contribution is 7.07. The molecule has 1 fully saturated rings. The van der Waals surface area contributed by atoms with Crippen LogP contribution in [-0.4, -0.2) is 17.3 Å². The van der Waals surface area contributed by atoms with E-state index < -0.39 is 0 Å². The number of nitrogens with zero attached hydrogens (tertiary/aromatic N) is 1. The molecule has 2 N–H and O–H groups in total. The molecule has 0 aromatic carbocycles. The van der Waals surface area contributed by atoms with Crippen LogP contribution in [0.4, 0.5) is 0 Å². The van der Waals surface area contributed by atoms with Crippen LogP contribution >= 0.6 is 11.3 Å². The summed E-state index contributed by atoms with van der Waals surface area (Å²) in [7, 11) is 0. The van der Waals surface area contributed by atoms with Crippen molar-refractivity contribution in [2.24, 2.45) is 11.1 Å². The van der Waals surface area contributed by atoms with E-state index in [0.29, 0.717) is 12.2 Å². The van der Waals surface area contributed by atoms with E-state index in [4.69, 9.17) is 5.73 Å². The largest absolute Gasteiger partial charge is 0.329 e. The van der Waals surface area contributed by atoms with Gasteiger partial charge in [0.15, 0.2) is 5.78 Å². The Balaban J connectivity index is 2.21. The fourth-order valence-electron chi connectivity index (χ4n) is 1.27. The molecule has 2 rings (SSSR count). The van der Waals surface area contributed by atoms with Gasteiger partial charge in [0.05, 0.1) is 5.51 Å². The molecule has 0 atom stereocenters. The standard InChI is InChI=1S/C8H10N2OS/c9-4-8(1-2-8)7(11)6-3-12-5-10-6/h3,5H,1-2,4,9H2. The van der Waals surface area contributed by atoms with Gasteiger partial charge in [0.2, 0.25) is 0 Å². The molecular weight excluding hydrogens is 172 g/mol. The molecular formula is C8H10N2OS. The van der Waals surface area contributed by atoms with Crippen molar-refractivity contribution in [3.05, 3.63) is 16.6 Å². The molecule has 0 unspecified atom stereocenters. The Morgan fingerprint density at radius 2 is 2.50 bits per heavy atom. The molecule has 1 aliphatic rings. The van der Waals surface area contributed by atoms with Crippen LogP contribution in [0.1, 0.15) is 23.3 Å². The van der Waals surface area contributed by atoms with E-state index in [9.17, 15) is 4.79 Å². The van der Waals surface area contributed by atoms with Crippen LogP contribution in [0.3, 0.4) is 0 Å². The third-order valence-electron chi connectivity index (χ3n) is 2.39. The monoisotopic (exact) mass is 182 g/mol. The minimum Gasteiger partial charge on any atom is -0.329 e. The highest BCUT2D eigenvalue weighted by atomic mass is 32.1. The quantitative estimate of drug-likeness (QED) is 0.711. The van der Waals surface area contributed by atoms with Gasteiger partial charge in [-0.15, -0.1) is 11.3 Å². The van der Waals surface area contributed by atoms with Gasteiger partial charge in [-0.05, 0) is 12.8 Å². The first-order valence-corrected chi connectivity index (χ1v) is 4.86. The lowest BCUT2D eigenvalue weighted by Gasteiger charge is -2.07. The predicted molar refractivity (Wildman–Crippen MR) is 47.2 cm³/mol. The van der Waals surface area contributed by atoms with Gasteiger partial charge < -0.3 is 5.73 Å². The first kappa shape index (κ1) is 7.89. The zero-order valence-corrected chi connectivity index (χ0v) is 7.43. The predicted octanol–water partition coefficient (Wildman–Crippen LogP) is 1.06. The highest BCUT2D eigenvalue weighted by Gasteiger charge is 2.49. The lowest BCUT2D eigenvalue weighted by atomic mass is 10.00. The summed E-state index contributed by atoms with van der Waals surface area (Å²) < 4.78 is 0. The first-order valence-electron chi connectivity index (χ1n) is 3.91. The second kappa shape index (κ2) is 2.64. The van der Waals surface area contributed by atoms with Crippen molar-refractivity contribution in [1.29, 1.82) is 0 Å². The number of Topliss-reactive ketones (excluding diaryl/α,β-unsaturated/α-hetero) is 1. The molecule has 1 aliphatic carbocycles. The Morgan fingerprint density at radius 3 is 2.92 bits per heavy atom. The minimum atomic E-state index is -0.242. The van der Waals surface area contributed by atoms with Crippen LogP contribution in [0.2, 0.25) is 0 Å². The van der Waals surface area contributed by atoms with Crippen molar-refractivity contribution < 1.29 is 4.79 Å². The van der Waals surface area contributed by atoms with Crippen molar-refractivity contribution in [3.63, 3.8) is 0 Å². The van der Waals surface area contributed by atoms with Gasteiger partial charge in [-0.2, -0.15) is 0 Å². The fourth-order valence-corrected chi connectivity index (χ4v) is 1.80. The van der Waals surface area contributed by atoms with E-state index in [1.807, 2.05) is 0 Å². The number of thiazole rings is 1. The summed E-state index contributed by atoms with van der Waals surface area (Å²) >= 11 is 1.45. The third kappa shape index (κ3) is 1.07. The number of carbonyl (C=O) groups is 1. The Kier molecular flexibility index (Phi) is 1.73. The lowest BCUT2D eigenvalue weighted by Crippen LogP contribution is -2.25. The van der Waals surface area contributed by atoms with Crippen molar-refractivity contribution in [3.8, 4) is 0 Å². The maximum Gasteiger partial charge on any atom is 0.189 e. The van der Waals surface area contributed by atoms with Gasteiger partial charge in [0, 0.05) is 17.3 Å². The normalized spacial score (nSPS) is 19.1. The minimum absolute atomic E-state index is 0.131. The van der Waals surface area contributed by atoms with Crippen LogP contribution in [0.5, 0.6) is 0 Å². The van der Waals surface area contributed by atoms with E-state index >= 15 is 0 Å². The Hall–Kier alpha value is -0.740. The zero-order chi connectivity index (χ0) is 8.60. The van der Waals surface area contributed by atoms with Gasteiger partial charge in [-0.25, -0.2) is 4.98 Å². The van der Waals surface area contributed by atoms with Crippen molar-refractivity contribution in [1.82, 2.24) is 4.98 Å². The molecule has 0 radical (unpaired) electrons. The molecule has 0 bridgehead atoms. The molecule has 4 heteroatoms. The summed E-state index contributed by atoms with van der Waals surface area (Å²) in [5.41, 5.74) is 7.56. The second-order valence-corrected chi connectivity index (χ2v) is 3.91. The Bertz CT molecular complexity index is 290. The Labute approximate surface area is 74.6 Å². The molecule has 1 saturated carbocycles. The molecule has 0 aliphatic heterocycles. The summed E-state index contributed by atoms with van der Waals surface area (Å²) in [4.78, 5) is 15.7. The summed E-state index contributed by atoms with van der Waals surface area (Å²) in [6.45, 7) is 0.462. The molecule has 0 saturated heterocycles. The van der Waals surface area contributed by atoms with Gasteiger partial charge >= 0.3 is 0 Å². The van der Waals surface area contributed by atoms with Crippen LogP contribution in [0.15, 0.2) is 10.9 Å². The van der Waals surface area contributed by atoms with E-state index in [-0.39, 0.29) is 11.2 Å². The smallest absolute Gasteiger partial charge is 0.189 e. The third-order valence-corrected chi connectivity index (χ3v) is 2.98. The van der Waals surface area contributed by atoms with Crippen LogP contribution < -0.4 is 5.73 Å². The second-order valence-electron chi connectivity index (χ2n) is 3.19. The number of aromatic nitrogens is 1. The number of ketones is 1. The summed E-state index contributed by atoms with van der Waals surface area (Å²) in [6, 6.07) is 0. The van der Waals surface area contributed by atoms with Gasteiger partial charge in [0.25, 0.3) is 0 Å². The molecule has 3 nitrogen and oxygen atoms in total. The molecule has 0 amide bonds. The number of rotatable bonds is 3. The molecule has 0 spiro atoms. The van der Waals surface area contributed by atoms with Crippen molar-refractivity contribution in [2.75, 3.05) is 6.54 Å². The van der Waals surface area contributed by atoms with Gasteiger partial charge in [0.1, 0.15) is 5.69 Å². The fraction of sp³-hybridized carbons (Fsp3) is 0.500. The van der Waals surface area contributed by atoms with Crippen LogP contribution in [0.25, 0.3) is 0 Å². The lowest BCUT2D eigenvalue weighted by molar-refractivity contribution is 0.0901. The topological polar surface area (TPSA) is 56.0 Å². The van der Waals surface area contributed by atoms with Crippen molar-refractivity contribution in [2.45, 2.75) is 12.8 Å². The molecule has 64 valence electrons. The molecule has 1 aromatic heterocycles. The maximum absolute atomic E-state index is 11.7. The number of hydrogen-bond acceptors (Lipinski definition) is 4. The summed E-state index contributed by atoms with van der Waals surface area (Å²) in [5.74, 6) is 0.131. The SMILES string of the molecule is NCC1(C(=O)c2cscn2)CC1. The van der Waals surface area contributed by atoms with E-state index in [2.05, 4.69) is 4.98 Å². The Morgan fingerprint density at radius 1 is 1.75 bits per heavy atom. The van der Waals surface area contributed by atoms with E-state index in [0.717, 1.165) is 12.8 Å². The molecule has 1 heterocycles. The van der Waals surface area contributed by atoms with Crippen LogP contribution in [-0.2, 0) is 0 Å². The average Bonchev–Trinajstić information content (AvgIpc) is 2.71. The van der Waals surface area contributed by atoms with Crippen LogP contribution in [0, 0.1) is 5.41 Å². The van der Waals surface area contributed by atoms with Gasteiger partial charge in [-0.1, -0.05) is 0 Å². The number of nitrogens with two attached hydrogens (primary N) is 1.